The van der Waals surface area contributed by atoms with Crippen molar-refractivity contribution in [3.8, 4) is 11.6 Å². The van der Waals surface area contributed by atoms with Crippen molar-refractivity contribution in [3.05, 3.63) is 30.5 Å². The van der Waals surface area contributed by atoms with Gasteiger partial charge < -0.3 is 29.0 Å². The van der Waals surface area contributed by atoms with Crippen LogP contribution in [0.5, 0.6) is 11.6 Å². The summed E-state index contributed by atoms with van der Waals surface area (Å²) in [5.74, 6) is -3.53. The topological polar surface area (TPSA) is 231 Å². The SMILES string of the molecule is CC(C)(C)OC(=O)C[C@H](C(=O)O)C1CC1.CC[C@@H]1C[C@]1(CC(=O)[C@@H]1C[C@@H](Oc2nccc3cc(OC)ccc23)CN1C(=O)[C@@H](CC(=O)OC(C)(C)C)C1CC1)C(=O)NS(=O)(=O)OC1(C)CC1. The van der Waals surface area contributed by atoms with E-state index >= 15 is 0 Å². The van der Waals surface area contributed by atoms with E-state index in [-0.39, 0.29) is 61.7 Å². The molecule has 1 saturated heterocycles. The van der Waals surface area contributed by atoms with Gasteiger partial charge in [0.2, 0.25) is 17.7 Å². The monoisotopic (exact) mass is 941 g/mol. The molecule has 2 amide bonds. The maximum atomic E-state index is 14.4. The first kappa shape index (κ1) is 50.6. The molecule has 7 rings (SSSR count). The lowest BCUT2D eigenvalue weighted by Gasteiger charge is -2.29. The predicted molar refractivity (Wildman–Crippen MR) is 240 cm³/mol. The third-order valence-corrected chi connectivity index (χ3v) is 14.0. The largest absolute Gasteiger partial charge is 0.497 e. The Bertz CT molecular complexity index is 2290. The van der Waals surface area contributed by atoms with Gasteiger partial charge in [-0.05, 0) is 141 Å². The number of pyridine rings is 1. The Morgan fingerprint density at radius 2 is 1.50 bits per heavy atom. The number of carbonyl (C=O) groups is 6. The number of hydrogen-bond donors (Lipinski definition) is 2. The number of ether oxygens (including phenoxy) is 4. The molecule has 4 saturated carbocycles. The zero-order chi connectivity index (χ0) is 48.6. The molecule has 1 aliphatic heterocycles. The van der Waals surface area contributed by atoms with Crippen LogP contribution in [0.2, 0.25) is 0 Å². The van der Waals surface area contributed by atoms with Gasteiger partial charge in [0.1, 0.15) is 23.1 Å². The molecule has 66 heavy (non-hydrogen) atoms. The standard InChI is InChI=1S/C37H49N3O10S.C11H18O4/c1-7-24-19-37(24,34(44)39-51(45,46)50-36(5)13-14-36)20-30(41)29-17-26(48-32-27-11-10-25(47-6)16-23(27)12-15-38-32)21-40(29)33(43)28(22-8-9-22)18-31(42)49-35(2,3)4;1-11(2,3)15-9(12)6-8(10(13)14)7-4-5-7/h10-12,15-16,22,24,26,28-29H,7-9,13-14,17-21H2,1-6H3,(H,39,44);7-8H,4-6H2,1-3H3,(H,13,14)/t24-,26-,28+,29+,37-;8-/m10/s1. The predicted octanol–water partition coefficient (Wildman–Crippen LogP) is 6.48. The second-order valence-corrected chi connectivity index (χ2v) is 22.3. The zero-order valence-electron chi connectivity index (χ0n) is 39.7. The molecule has 5 aliphatic rings. The number of rotatable bonds is 19. The highest BCUT2D eigenvalue weighted by molar-refractivity contribution is 7.85. The molecule has 5 fully saturated rings. The molecular weight excluding hydrogens is 875 g/mol. The van der Waals surface area contributed by atoms with E-state index in [1.807, 2.05) is 25.1 Å². The number of carboxylic acid groups (broad SMARTS) is 1. The van der Waals surface area contributed by atoms with Crippen LogP contribution in [0.3, 0.4) is 0 Å². The van der Waals surface area contributed by atoms with Gasteiger partial charge in [-0.25, -0.2) is 13.9 Å². The molecule has 4 aliphatic carbocycles. The van der Waals surface area contributed by atoms with Gasteiger partial charge in [0.15, 0.2) is 5.78 Å². The quantitative estimate of drug-likeness (QED) is 0.144. The van der Waals surface area contributed by atoms with E-state index in [0.717, 1.165) is 36.5 Å². The molecule has 0 spiro atoms. The number of benzene rings is 1. The molecule has 0 bridgehead atoms. The van der Waals surface area contributed by atoms with Gasteiger partial charge in [0, 0.05) is 24.4 Å². The van der Waals surface area contributed by atoms with E-state index in [1.54, 1.807) is 67.8 Å². The summed E-state index contributed by atoms with van der Waals surface area (Å²) in [7, 11) is -2.81. The van der Waals surface area contributed by atoms with Crippen LogP contribution >= 0.6 is 0 Å². The summed E-state index contributed by atoms with van der Waals surface area (Å²) in [5, 5.41) is 10.5. The van der Waals surface area contributed by atoms with Crippen LogP contribution in [0.15, 0.2) is 30.5 Å². The van der Waals surface area contributed by atoms with Crippen LogP contribution in [0.1, 0.15) is 132 Å². The Balaban J connectivity index is 0.000000408. The molecule has 17 nitrogen and oxygen atoms in total. The second-order valence-electron chi connectivity index (χ2n) is 21.0. The molecule has 6 atom stereocenters. The summed E-state index contributed by atoms with van der Waals surface area (Å²) in [4.78, 5) is 83.5. The fourth-order valence-electron chi connectivity index (χ4n) is 8.87. The summed E-state index contributed by atoms with van der Waals surface area (Å²) in [6.45, 7) is 14.2. The van der Waals surface area contributed by atoms with Crippen molar-refractivity contribution in [1.29, 1.82) is 0 Å². The highest BCUT2D eigenvalue weighted by atomic mass is 32.2. The lowest BCUT2D eigenvalue weighted by Crippen LogP contribution is -2.47. The first-order valence-corrected chi connectivity index (χ1v) is 24.5. The van der Waals surface area contributed by atoms with Gasteiger partial charge in [-0.15, -0.1) is 0 Å². The average molecular weight is 942 g/mol. The summed E-state index contributed by atoms with van der Waals surface area (Å²) < 4.78 is 55.2. The summed E-state index contributed by atoms with van der Waals surface area (Å²) >= 11 is 0. The van der Waals surface area contributed by atoms with Gasteiger partial charge in [-0.3, -0.25) is 28.8 Å². The summed E-state index contributed by atoms with van der Waals surface area (Å²) in [5.41, 5.74) is -3.34. The van der Waals surface area contributed by atoms with E-state index < -0.39 is 80.3 Å². The van der Waals surface area contributed by atoms with Crippen molar-refractivity contribution in [2.24, 2.45) is 35.0 Å². The normalized spacial score (nSPS) is 24.2. The average Bonchev–Trinajstić information content (AvgIpc) is 4.01. The fourth-order valence-corrected chi connectivity index (χ4v) is 10.0. The Kier molecular flexibility index (Phi) is 14.9. The first-order chi connectivity index (χ1) is 30.7. The number of hydrogen-bond acceptors (Lipinski definition) is 14. The molecule has 2 N–H and O–H groups in total. The summed E-state index contributed by atoms with van der Waals surface area (Å²) in [6.07, 6.45) is 6.19. The second kappa shape index (κ2) is 19.4. The lowest BCUT2D eigenvalue weighted by atomic mass is 9.90. The number of Topliss-reactive ketones (excluding diaryl/α,β-unsaturated/α-hetero) is 1. The van der Waals surface area contributed by atoms with Crippen LogP contribution in [-0.4, -0.2) is 102 Å². The minimum atomic E-state index is -4.39. The smallest absolute Gasteiger partial charge is 0.362 e. The maximum Gasteiger partial charge on any atom is 0.362 e. The zero-order valence-corrected chi connectivity index (χ0v) is 40.5. The minimum absolute atomic E-state index is 0.00271. The molecule has 1 aromatic carbocycles. The van der Waals surface area contributed by atoms with E-state index in [2.05, 4.69) is 9.71 Å². The molecule has 364 valence electrons. The van der Waals surface area contributed by atoms with Crippen molar-refractivity contribution in [1.82, 2.24) is 14.6 Å². The van der Waals surface area contributed by atoms with E-state index in [4.69, 9.17) is 28.2 Å². The molecule has 1 aromatic heterocycles. The number of carboxylic acids is 1. The van der Waals surface area contributed by atoms with E-state index in [0.29, 0.717) is 37.3 Å². The Morgan fingerprint density at radius 1 is 0.909 bits per heavy atom. The van der Waals surface area contributed by atoms with E-state index in [9.17, 15) is 37.2 Å². The Morgan fingerprint density at radius 3 is 2.02 bits per heavy atom. The van der Waals surface area contributed by atoms with E-state index in [1.165, 1.54) is 4.90 Å². The molecule has 2 heterocycles. The van der Waals surface area contributed by atoms with Crippen molar-refractivity contribution < 1.29 is 65.4 Å². The number of nitrogens with zero attached hydrogens (tertiary/aromatic N) is 2. The van der Waals surface area contributed by atoms with Gasteiger partial charge >= 0.3 is 28.2 Å². The van der Waals surface area contributed by atoms with Crippen LogP contribution in [0, 0.1) is 35.0 Å². The first-order valence-electron chi connectivity index (χ1n) is 23.1. The lowest BCUT2D eigenvalue weighted by molar-refractivity contribution is -0.160. The molecular formula is C48H67N3O14S. The molecule has 18 heteroatoms. The molecule has 2 aromatic rings. The summed E-state index contributed by atoms with van der Waals surface area (Å²) in [6, 6.07) is 6.36. The van der Waals surface area contributed by atoms with Gasteiger partial charge in [0.25, 0.3) is 0 Å². The van der Waals surface area contributed by atoms with Crippen LogP contribution in [0.25, 0.3) is 10.8 Å². The number of carbonyl (C=O) groups excluding carboxylic acids is 5. The van der Waals surface area contributed by atoms with Gasteiger partial charge in [-0.2, -0.15) is 8.42 Å². The van der Waals surface area contributed by atoms with Crippen LogP contribution < -0.4 is 14.2 Å². The number of nitrogens with one attached hydrogen (secondary N) is 1. The highest BCUT2D eigenvalue weighted by Gasteiger charge is 2.62. The number of amides is 2. The number of aliphatic carboxylic acids is 1. The Hall–Kier alpha value is -4.84. The minimum Gasteiger partial charge on any atom is -0.497 e. The molecule has 0 unspecified atom stereocenters. The fraction of sp³-hybridized carbons (Fsp3) is 0.688. The maximum absolute atomic E-state index is 14.4. The van der Waals surface area contributed by atoms with Crippen molar-refractivity contribution in [2.75, 3.05) is 13.7 Å². The third kappa shape index (κ3) is 13.4. The molecule has 0 radical (unpaired) electrons. The number of likely N-dealkylation sites (tertiary alicyclic amines) is 1. The van der Waals surface area contributed by atoms with Crippen molar-refractivity contribution in [3.63, 3.8) is 0 Å². The van der Waals surface area contributed by atoms with Crippen LogP contribution in [-0.2, 0) is 52.7 Å². The van der Waals surface area contributed by atoms with Gasteiger partial charge in [0.05, 0.1) is 55.4 Å². The number of ketones is 1. The number of aromatic nitrogens is 1. The third-order valence-electron chi connectivity index (χ3n) is 12.9. The van der Waals surface area contributed by atoms with Gasteiger partial charge in [-0.1, -0.05) is 13.3 Å². The van der Waals surface area contributed by atoms with Crippen LogP contribution in [0.4, 0.5) is 0 Å². The number of esters is 2. The van der Waals surface area contributed by atoms with Crippen molar-refractivity contribution >= 4 is 56.6 Å². The number of methoxy groups -OCH3 is 1. The van der Waals surface area contributed by atoms with Crippen molar-refractivity contribution in [2.45, 2.75) is 161 Å². The highest BCUT2D eigenvalue weighted by Crippen LogP contribution is 2.58. The number of fused-ring (bicyclic) bond motifs is 1. The Labute approximate surface area is 387 Å².